The van der Waals surface area contributed by atoms with Crippen LogP contribution in [0.1, 0.15) is 13.3 Å². The molecule has 0 aliphatic carbocycles. The largest absolute Gasteiger partial charge is 0.356 e. The van der Waals surface area contributed by atoms with Gasteiger partial charge in [-0.1, -0.05) is 12.1 Å². The van der Waals surface area contributed by atoms with E-state index in [1.807, 2.05) is 6.92 Å². The maximum atomic E-state index is 12.8. The van der Waals surface area contributed by atoms with Crippen molar-refractivity contribution in [2.75, 3.05) is 10.0 Å². The molecule has 0 saturated carbocycles. The van der Waals surface area contributed by atoms with Crippen LogP contribution < -0.4 is 10.0 Å². The lowest BCUT2D eigenvalue weighted by molar-refractivity contribution is -0.116. The van der Waals surface area contributed by atoms with Gasteiger partial charge in [-0.05, 0) is 42.5 Å². The molecule has 9 heteroatoms. The molecule has 28 heavy (non-hydrogen) atoms. The molecule has 0 fully saturated rings. The monoisotopic (exact) mass is 415 g/mol. The highest BCUT2D eigenvalue weighted by Crippen LogP contribution is 2.36. The van der Waals surface area contributed by atoms with Crippen molar-refractivity contribution in [3.8, 4) is 11.3 Å². The van der Waals surface area contributed by atoms with Crippen molar-refractivity contribution in [3.05, 3.63) is 54.7 Å². The summed E-state index contributed by atoms with van der Waals surface area (Å²) in [4.78, 5) is 12.9. The maximum absolute atomic E-state index is 12.8. The fourth-order valence-electron chi connectivity index (χ4n) is 2.88. The number of hydrogen-bond donors (Lipinski definition) is 2. The van der Waals surface area contributed by atoms with E-state index in [9.17, 15) is 13.2 Å². The Labute approximate surface area is 166 Å². The van der Waals surface area contributed by atoms with Crippen LogP contribution in [-0.4, -0.2) is 24.7 Å². The zero-order valence-electron chi connectivity index (χ0n) is 14.9. The van der Waals surface area contributed by atoms with Crippen molar-refractivity contribution in [2.45, 2.75) is 28.4 Å². The second-order valence-corrected chi connectivity index (χ2v) is 9.56. The van der Waals surface area contributed by atoms with Gasteiger partial charge in [-0.25, -0.2) is 8.42 Å². The number of thioether (sulfide) groups is 1. The fourth-order valence-corrected chi connectivity index (χ4v) is 5.01. The van der Waals surface area contributed by atoms with Crippen molar-refractivity contribution in [3.63, 3.8) is 0 Å². The van der Waals surface area contributed by atoms with Gasteiger partial charge in [-0.2, -0.15) is 0 Å². The predicted octanol–water partition coefficient (Wildman–Crippen LogP) is 3.97. The SMILES string of the molecule is CC1CC(=O)Nc2cc(S(=O)(=O)Nc3ccc(-c4ccno4)cc3)ccc2S1. The summed E-state index contributed by atoms with van der Waals surface area (Å²) < 4.78 is 33.2. The number of hydrogen-bond acceptors (Lipinski definition) is 6. The number of aromatic nitrogens is 1. The van der Waals surface area contributed by atoms with Gasteiger partial charge in [0.1, 0.15) is 0 Å². The van der Waals surface area contributed by atoms with E-state index in [2.05, 4.69) is 15.2 Å². The zero-order chi connectivity index (χ0) is 19.7. The quantitative estimate of drug-likeness (QED) is 0.669. The zero-order valence-corrected chi connectivity index (χ0v) is 16.5. The number of fused-ring (bicyclic) bond motifs is 1. The van der Waals surface area contributed by atoms with E-state index in [1.54, 1.807) is 60.4 Å². The standard InChI is InChI=1S/C19H17N3O4S2/c1-12-10-19(23)21-16-11-15(6-7-18(16)27-12)28(24,25)22-14-4-2-13(3-5-14)17-8-9-20-26-17/h2-9,11-12,22H,10H2,1H3,(H,21,23). The van der Waals surface area contributed by atoms with E-state index in [-0.39, 0.29) is 16.1 Å². The first-order valence-electron chi connectivity index (χ1n) is 8.55. The Bertz CT molecular complexity index is 1110. The minimum Gasteiger partial charge on any atom is -0.356 e. The van der Waals surface area contributed by atoms with Gasteiger partial charge in [-0.3, -0.25) is 9.52 Å². The van der Waals surface area contributed by atoms with Crippen molar-refractivity contribution < 1.29 is 17.7 Å². The lowest BCUT2D eigenvalue weighted by Crippen LogP contribution is -2.15. The second kappa shape index (κ2) is 7.33. The van der Waals surface area contributed by atoms with Crippen molar-refractivity contribution in [1.29, 1.82) is 0 Å². The van der Waals surface area contributed by atoms with Gasteiger partial charge >= 0.3 is 0 Å². The summed E-state index contributed by atoms with van der Waals surface area (Å²) in [6.07, 6.45) is 1.93. The summed E-state index contributed by atoms with van der Waals surface area (Å²) in [5.41, 5.74) is 1.73. The van der Waals surface area contributed by atoms with Crippen LogP contribution in [0.15, 0.2) is 69.0 Å². The number of carbonyl (C=O) groups is 1. The normalized spacial score (nSPS) is 16.8. The van der Waals surface area contributed by atoms with Gasteiger partial charge in [-0.15, -0.1) is 11.8 Å². The molecule has 0 saturated heterocycles. The van der Waals surface area contributed by atoms with E-state index in [4.69, 9.17) is 4.52 Å². The van der Waals surface area contributed by atoms with E-state index >= 15 is 0 Å². The Morgan fingerprint density at radius 3 is 2.68 bits per heavy atom. The van der Waals surface area contributed by atoms with Crippen LogP contribution >= 0.6 is 11.8 Å². The maximum Gasteiger partial charge on any atom is 0.261 e. The number of anilines is 2. The number of nitrogens with one attached hydrogen (secondary N) is 2. The Hall–Kier alpha value is -2.78. The minimum absolute atomic E-state index is 0.0843. The van der Waals surface area contributed by atoms with Gasteiger partial charge in [0, 0.05) is 33.9 Å². The first-order valence-corrected chi connectivity index (χ1v) is 10.9. The van der Waals surface area contributed by atoms with Gasteiger partial charge in [0.25, 0.3) is 10.0 Å². The van der Waals surface area contributed by atoms with E-state index < -0.39 is 10.0 Å². The summed E-state index contributed by atoms with van der Waals surface area (Å²) in [6, 6.07) is 13.3. The van der Waals surface area contributed by atoms with Crippen LogP contribution in [0.2, 0.25) is 0 Å². The molecule has 2 aromatic carbocycles. The number of sulfonamides is 1. The van der Waals surface area contributed by atoms with Crippen molar-refractivity contribution in [2.24, 2.45) is 0 Å². The second-order valence-electron chi connectivity index (χ2n) is 6.40. The fraction of sp³-hybridized carbons (Fsp3) is 0.158. The predicted molar refractivity (Wildman–Crippen MR) is 108 cm³/mol. The smallest absolute Gasteiger partial charge is 0.261 e. The van der Waals surface area contributed by atoms with Gasteiger partial charge < -0.3 is 9.84 Å². The van der Waals surface area contributed by atoms with E-state index in [1.165, 1.54) is 6.07 Å². The lowest BCUT2D eigenvalue weighted by Gasteiger charge is -2.12. The van der Waals surface area contributed by atoms with Crippen molar-refractivity contribution >= 4 is 39.1 Å². The average Bonchev–Trinajstić information content (AvgIpc) is 3.13. The van der Waals surface area contributed by atoms with E-state index in [0.29, 0.717) is 23.6 Å². The molecule has 2 N–H and O–H groups in total. The molecular weight excluding hydrogens is 398 g/mol. The molecule has 1 aliphatic rings. The van der Waals surface area contributed by atoms with Crippen LogP contribution in [0.3, 0.4) is 0 Å². The van der Waals surface area contributed by atoms with Gasteiger partial charge in [0.05, 0.1) is 16.8 Å². The molecule has 0 radical (unpaired) electrons. The third-order valence-corrected chi connectivity index (χ3v) is 6.75. The van der Waals surface area contributed by atoms with Crippen LogP contribution in [-0.2, 0) is 14.8 Å². The highest BCUT2D eigenvalue weighted by molar-refractivity contribution is 8.00. The number of rotatable bonds is 4. The Morgan fingerprint density at radius 2 is 1.96 bits per heavy atom. The molecule has 144 valence electrons. The number of amides is 1. The summed E-state index contributed by atoms with van der Waals surface area (Å²) in [7, 11) is -3.80. The average molecular weight is 415 g/mol. The summed E-state index contributed by atoms with van der Waals surface area (Å²) >= 11 is 1.55. The van der Waals surface area contributed by atoms with Crippen LogP contribution in [0.25, 0.3) is 11.3 Å². The first kappa shape index (κ1) is 18.6. The van der Waals surface area contributed by atoms with E-state index in [0.717, 1.165) is 10.5 Å². The molecule has 1 atom stereocenters. The molecule has 4 rings (SSSR count). The van der Waals surface area contributed by atoms with Gasteiger partial charge in [0.2, 0.25) is 5.91 Å². The molecular formula is C19H17N3O4S2. The third-order valence-electron chi connectivity index (χ3n) is 4.20. The molecule has 0 bridgehead atoms. The summed E-state index contributed by atoms with van der Waals surface area (Å²) in [5.74, 6) is 0.479. The highest BCUT2D eigenvalue weighted by Gasteiger charge is 2.22. The van der Waals surface area contributed by atoms with Crippen LogP contribution in [0, 0.1) is 0 Å². The summed E-state index contributed by atoms with van der Waals surface area (Å²) in [5, 5.41) is 6.57. The Balaban J connectivity index is 1.58. The molecule has 1 aliphatic heterocycles. The van der Waals surface area contributed by atoms with Crippen LogP contribution in [0.4, 0.5) is 11.4 Å². The number of nitrogens with zero attached hydrogens (tertiary/aromatic N) is 1. The molecule has 1 aromatic heterocycles. The topological polar surface area (TPSA) is 101 Å². The Kier molecular flexibility index (Phi) is 4.86. The van der Waals surface area contributed by atoms with Crippen LogP contribution in [0.5, 0.6) is 0 Å². The lowest BCUT2D eigenvalue weighted by atomic mass is 10.1. The molecule has 1 unspecified atom stereocenters. The van der Waals surface area contributed by atoms with Crippen molar-refractivity contribution in [1.82, 2.24) is 5.16 Å². The molecule has 7 nitrogen and oxygen atoms in total. The first-order chi connectivity index (χ1) is 13.4. The Morgan fingerprint density at radius 1 is 1.18 bits per heavy atom. The molecule has 3 aromatic rings. The highest BCUT2D eigenvalue weighted by atomic mass is 32.2. The molecule has 2 heterocycles. The summed E-state index contributed by atoms with van der Waals surface area (Å²) in [6.45, 7) is 1.97. The van der Waals surface area contributed by atoms with Gasteiger partial charge in [0.15, 0.2) is 5.76 Å². The molecule has 0 spiro atoms. The number of benzene rings is 2. The minimum atomic E-state index is -3.80. The number of carbonyl (C=O) groups excluding carboxylic acids is 1. The molecule has 1 amide bonds. The third kappa shape index (κ3) is 3.90.